The highest BCUT2D eigenvalue weighted by Crippen LogP contribution is 2.22. The number of guanidine groups is 1. The summed E-state index contributed by atoms with van der Waals surface area (Å²) in [4.78, 5) is 9.75. The molecular weight excluding hydrogens is 487 g/mol. The van der Waals surface area contributed by atoms with Gasteiger partial charge >= 0.3 is 0 Å². The number of benzene rings is 1. The Bertz CT molecular complexity index is 866. The molecule has 1 N–H and O–H groups in total. The highest BCUT2D eigenvalue weighted by molar-refractivity contribution is 14.0. The molecule has 2 aliphatic heterocycles. The van der Waals surface area contributed by atoms with Crippen LogP contribution in [0.4, 0.5) is 5.69 Å². The molecule has 0 radical (unpaired) electrons. The fraction of sp³-hybridized carbons (Fsp3) is 0.478. The highest BCUT2D eigenvalue weighted by Gasteiger charge is 2.25. The molecule has 1 aromatic heterocycles. The molecule has 1 atom stereocenters. The third kappa shape index (κ3) is 5.77. The molecule has 0 spiro atoms. The summed E-state index contributed by atoms with van der Waals surface area (Å²) >= 11 is 0. The van der Waals surface area contributed by atoms with Crippen LogP contribution in [0.25, 0.3) is 0 Å². The summed E-state index contributed by atoms with van der Waals surface area (Å²) in [5.41, 5.74) is 3.87. The van der Waals surface area contributed by atoms with Crippen molar-refractivity contribution in [1.29, 1.82) is 0 Å². The maximum absolute atomic E-state index is 4.96. The Morgan fingerprint density at radius 3 is 2.80 bits per heavy atom. The number of nitrogens with zero attached hydrogens (tertiary/aromatic N) is 5. The van der Waals surface area contributed by atoms with Gasteiger partial charge in [0.2, 0.25) is 0 Å². The summed E-state index contributed by atoms with van der Waals surface area (Å²) in [6.07, 6.45) is 10.9. The lowest BCUT2D eigenvalue weighted by molar-refractivity contribution is 0.460. The van der Waals surface area contributed by atoms with Crippen molar-refractivity contribution >= 4 is 35.6 Å². The molecule has 0 amide bonds. The van der Waals surface area contributed by atoms with E-state index in [4.69, 9.17) is 4.99 Å². The number of aliphatic imine (C=N–C) groups is 1. The first-order valence-corrected chi connectivity index (χ1v) is 10.7. The summed E-state index contributed by atoms with van der Waals surface area (Å²) in [6.45, 7) is 7.86. The van der Waals surface area contributed by atoms with Gasteiger partial charge in [0.05, 0.1) is 12.7 Å². The van der Waals surface area contributed by atoms with E-state index in [2.05, 4.69) is 69.8 Å². The van der Waals surface area contributed by atoms with Crippen LogP contribution in [0.3, 0.4) is 0 Å². The lowest BCUT2D eigenvalue weighted by Crippen LogP contribution is -2.40. The van der Waals surface area contributed by atoms with E-state index in [9.17, 15) is 0 Å². The van der Waals surface area contributed by atoms with Crippen molar-refractivity contribution < 1.29 is 0 Å². The van der Waals surface area contributed by atoms with Crippen LogP contribution < -0.4 is 10.2 Å². The first-order chi connectivity index (χ1) is 14.2. The molecular formula is C23H33IN6. The van der Waals surface area contributed by atoms with Gasteiger partial charge in [-0.1, -0.05) is 24.3 Å². The minimum absolute atomic E-state index is 0. The van der Waals surface area contributed by atoms with Crippen molar-refractivity contribution in [3.63, 3.8) is 0 Å². The van der Waals surface area contributed by atoms with Gasteiger partial charge in [0.15, 0.2) is 5.96 Å². The SMILES string of the molecule is CCNC(=NCc1cccc(N2CC=CC2)c1)N1CCC(Cc2cnn(C)c2)C1.I. The zero-order chi connectivity index (χ0) is 20.1. The zero-order valence-electron chi connectivity index (χ0n) is 18.0. The van der Waals surface area contributed by atoms with Gasteiger partial charge in [0.1, 0.15) is 0 Å². The molecule has 6 nitrogen and oxygen atoms in total. The number of rotatable bonds is 6. The van der Waals surface area contributed by atoms with E-state index in [1.54, 1.807) is 0 Å². The first kappa shape index (κ1) is 22.7. The van der Waals surface area contributed by atoms with Gasteiger partial charge in [0, 0.05) is 51.7 Å². The van der Waals surface area contributed by atoms with Crippen LogP contribution in [0.1, 0.15) is 24.5 Å². The Labute approximate surface area is 197 Å². The molecule has 1 fully saturated rings. The number of anilines is 1. The second-order valence-electron chi connectivity index (χ2n) is 8.04. The van der Waals surface area contributed by atoms with E-state index in [-0.39, 0.29) is 24.0 Å². The third-order valence-electron chi connectivity index (χ3n) is 5.71. The van der Waals surface area contributed by atoms with Gasteiger partial charge in [-0.25, -0.2) is 4.99 Å². The van der Waals surface area contributed by atoms with Gasteiger partial charge in [-0.2, -0.15) is 5.10 Å². The van der Waals surface area contributed by atoms with Crippen molar-refractivity contribution in [1.82, 2.24) is 20.0 Å². The topological polar surface area (TPSA) is 48.7 Å². The predicted octanol–water partition coefficient (Wildman–Crippen LogP) is 3.44. The van der Waals surface area contributed by atoms with E-state index in [0.717, 1.165) is 45.1 Å². The number of hydrogen-bond donors (Lipinski definition) is 1. The van der Waals surface area contributed by atoms with Crippen LogP contribution in [0.15, 0.2) is 53.8 Å². The normalized spacial score (nSPS) is 18.7. The van der Waals surface area contributed by atoms with Gasteiger partial charge in [-0.3, -0.25) is 4.68 Å². The van der Waals surface area contributed by atoms with Gasteiger partial charge in [0.25, 0.3) is 0 Å². The van der Waals surface area contributed by atoms with Crippen molar-refractivity contribution in [3.05, 3.63) is 59.9 Å². The molecule has 0 bridgehead atoms. The molecule has 2 aliphatic rings. The minimum atomic E-state index is 0. The molecule has 7 heteroatoms. The first-order valence-electron chi connectivity index (χ1n) is 10.7. The molecule has 3 heterocycles. The van der Waals surface area contributed by atoms with Crippen LogP contribution >= 0.6 is 24.0 Å². The van der Waals surface area contributed by atoms with Crippen LogP contribution in [0, 0.1) is 5.92 Å². The lowest BCUT2D eigenvalue weighted by Gasteiger charge is -2.22. The van der Waals surface area contributed by atoms with E-state index < -0.39 is 0 Å². The van der Waals surface area contributed by atoms with Crippen molar-refractivity contribution in [2.24, 2.45) is 18.0 Å². The standard InChI is InChI=1S/C23H32N6.HI/c1-3-24-23(29-12-9-20(18-29)13-21-16-26-27(2)17-21)25-15-19-7-6-8-22(14-19)28-10-4-5-11-28;/h4-8,14,16-17,20H,3,9-13,15,18H2,1-2H3,(H,24,25);1H. The Balaban J connectivity index is 0.00000256. The maximum atomic E-state index is 4.96. The van der Waals surface area contributed by atoms with E-state index >= 15 is 0 Å². The molecule has 30 heavy (non-hydrogen) atoms. The molecule has 0 aliphatic carbocycles. The molecule has 2 aromatic rings. The largest absolute Gasteiger partial charge is 0.364 e. The summed E-state index contributed by atoms with van der Waals surface area (Å²) < 4.78 is 1.89. The molecule has 1 saturated heterocycles. The average Bonchev–Trinajstić information content (AvgIpc) is 3.48. The quantitative estimate of drug-likeness (QED) is 0.275. The predicted molar refractivity (Wildman–Crippen MR) is 135 cm³/mol. The van der Waals surface area contributed by atoms with E-state index in [0.29, 0.717) is 12.5 Å². The number of halogens is 1. The number of hydrogen-bond acceptors (Lipinski definition) is 3. The number of likely N-dealkylation sites (tertiary alicyclic amines) is 1. The fourth-order valence-electron chi connectivity index (χ4n) is 4.23. The molecule has 4 rings (SSSR count). The van der Waals surface area contributed by atoms with Crippen LogP contribution in [0.5, 0.6) is 0 Å². The average molecular weight is 520 g/mol. The van der Waals surface area contributed by atoms with Crippen LogP contribution in [0.2, 0.25) is 0 Å². The van der Waals surface area contributed by atoms with E-state index in [1.165, 1.54) is 23.2 Å². The Kier molecular flexibility index (Phi) is 8.18. The maximum Gasteiger partial charge on any atom is 0.194 e. The Hall–Kier alpha value is -2.03. The summed E-state index contributed by atoms with van der Waals surface area (Å²) in [6, 6.07) is 8.78. The highest BCUT2D eigenvalue weighted by atomic mass is 127. The van der Waals surface area contributed by atoms with Gasteiger partial charge in [-0.15, -0.1) is 24.0 Å². The Morgan fingerprint density at radius 2 is 2.07 bits per heavy atom. The summed E-state index contributed by atoms with van der Waals surface area (Å²) in [5.74, 6) is 1.70. The minimum Gasteiger partial charge on any atom is -0.364 e. The monoisotopic (exact) mass is 520 g/mol. The second-order valence-corrected chi connectivity index (χ2v) is 8.04. The number of aromatic nitrogens is 2. The van der Waals surface area contributed by atoms with Crippen molar-refractivity contribution in [2.45, 2.75) is 26.3 Å². The van der Waals surface area contributed by atoms with Crippen LogP contribution in [-0.2, 0) is 20.0 Å². The summed E-state index contributed by atoms with van der Waals surface area (Å²) in [7, 11) is 1.98. The Morgan fingerprint density at radius 1 is 1.23 bits per heavy atom. The molecule has 162 valence electrons. The van der Waals surface area contributed by atoms with Gasteiger partial charge < -0.3 is 15.1 Å². The smallest absolute Gasteiger partial charge is 0.194 e. The number of nitrogens with one attached hydrogen (secondary N) is 1. The zero-order valence-corrected chi connectivity index (χ0v) is 20.3. The van der Waals surface area contributed by atoms with Crippen LogP contribution in [-0.4, -0.2) is 53.4 Å². The second kappa shape index (κ2) is 10.8. The van der Waals surface area contributed by atoms with Gasteiger partial charge in [-0.05, 0) is 48.9 Å². The van der Waals surface area contributed by atoms with E-state index in [1.807, 2.05) is 17.9 Å². The van der Waals surface area contributed by atoms with Crippen molar-refractivity contribution in [3.8, 4) is 0 Å². The lowest BCUT2D eigenvalue weighted by atomic mass is 10.0. The third-order valence-corrected chi connectivity index (χ3v) is 5.71. The number of aryl methyl sites for hydroxylation is 1. The molecule has 0 saturated carbocycles. The molecule has 1 aromatic carbocycles. The molecule has 1 unspecified atom stereocenters. The van der Waals surface area contributed by atoms with Crippen molar-refractivity contribution in [2.75, 3.05) is 37.6 Å². The summed E-state index contributed by atoms with van der Waals surface area (Å²) in [5, 5.41) is 7.79. The fourth-order valence-corrected chi connectivity index (χ4v) is 4.23.